The number of aromatic nitrogens is 3. The van der Waals surface area contributed by atoms with E-state index in [-0.39, 0.29) is 23.8 Å². The number of nitrogens with one attached hydrogen (secondary N) is 2. The highest BCUT2D eigenvalue weighted by atomic mass is 16.4. The van der Waals surface area contributed by atoms with Crippen LogP contribution in [0.4, 0.5) is 10.7 Å². The fourth-order valence-corrected chi connectivity index (χ4v) is 3.26. The van der Waals surface area contributed by atoms with Crippen molar-refractivity contribution in [2.24, 2.45) is 0 Å². The maximum absolute atomic E-state index is 12.5. The van der Waals surface area contributed by atoms with Gasteiger partial charge in [-0.1, -0.05) is 37.5 Å². The third kappa shape index (κ3) is 5.02. The molecule has 32 heavy (non-hydrogen) atoms. The number of hydrogen-bond donors (Lipinski definition) is 3. The number of likely N-dealkylation sites (tertiary alicyclic amines) is 1. The van der Waals surface area contributed by atoms with E-state index in [0.29, 0.717) is 30.0 Å². The van der Waals surface area contributed by atoms with Crippen molar-refractivity contribution in [2.45, 2.75) is 32.2 Å². The molecule has 0 unspecified atom stereocenters. The van der Waals surface area contributed by atoms with Crippen LogP contribution in [0.3, 0.4) is 0 Å². The van der Waals surface area contributed by atoms with Crippen LogP contribution in [0.1, 0.15) is 36.5 Å². The van der Waals surface area contributed by atoms with Crippen molar-refractivity contribution in [2.75, 3.05) is 18.4 Å². The molecule has 2 aromatic heterocycles. The van der Waals surface area contributed by atoms with Gasteiger partial charge in [-0.15, -0.1) is 5.10 Å². The Morgan fingerprint density at radius 3 is 2.31 bits per heavy atom. The van der Waals surface area contributed by atoms with Crippen LogP contribution in [0, 0.1) is 0 Å². The second-order valence-electron chi connectivity index (χ2n) is 7.79. The van der Waals surface area contributed by atoms with Crippen LogP contribution in [-0.2, 0) is 4.79 Å². The number of amides is 3. The van der Waals surface area contributed by atoms with Gasteiger partial charge in [0.2, 0.25) is 5.91 Å². The normalized spacial score (nSPS) is 14.7. The van der Waals surface area contributed by atoms with Gasteiger partial charge in [0.1, 0.15) is 0 Å². The Morgan fingerprint density at radius 2 is 1.72 bits per heavy atom. The fraction of sp³-hybridized carbons (Fsp3) is 0.318. The summed E-state index contributed by atoms with van der Waals surface area (Å²) in [5, 5.41) is 17.9. The van der Waals surface area contributed by atoms with E-state index in [4.69, 9.17) is 5.11 Å². The lowest BCUT2D eigenvalue weighted by Gasteiger charge is -2.39. The van der Waals surface area contributed by atoms with E-state index in [2.05, 4.69) is 20.7 Å². The van der Waals surface area contributed by atoms with Gasteiger partial charge in [0.05, 0.1) is 11.7 Å². The minimum absolute atomic E-state index is 0.00856. The van der Waals surface area contributed by atoms with E-state index >= 15 is 0 Å². The second-order valence-corrected chi connectivity index (χ2v) is 7.79. The second kappa shape index (κ2) is 9.04. The Bertz CT molecular complexity index is 1150. The number of rotatable bonds is 4. The van der Waals surface area contributed by atoms with Gasteiger partial charge in [-0.2, -0.15) is 4.98 Å². The van der Waals surface area contributed by atoms with Crippen LogP contribution < -0.4 is 10.6 Å². The number of nitrogens with zero attached hydrogens (tertiary/aromatic N) is 4. The van der Waals surface area contributed by atoms with Crippen LogP contribution >= 0.6 is 0 Å². The Labute approximate surface area is 184 Å². The summed E-state index contributed by atoms with van der Waals surface area (Å²) >= 11 is 0. The summed E-state index contributed by atoms with van der Waals surface area (Å²) in [5.41, 5.74) is 2.56. The van der Waals surface area contributed by atoms with Crippen LogP contribution in [0.25, 0.3) is 16.9 Å². The molecule has 0 radical (unpaired) electrons. The molecule has 3 heterocycles. The molecule has 0 spiro atoms. The molecule has 10 nitrogen and oxygen atoms in total. The van der Waals surface area contributed by atoms with Crippen LogP contribution in [0.5, 0.6) is 0 Å². The molecule has 3 amide bonds. The van der Waals surface area contributed by atoms with E-state index in [1.807, 2.05) is 6.07 Å². The lowest BCUT2D eigenvalue weighted by Crippen LogP contribution is -2.60. The quantitative estimate of drug-likeness (QED) is 0.577. The molecule has 1 aromatic carbocycles. The Balaban J connectivity index is 0.000000754. The van der Waals surface area contributed by atoms with Crippen molar-refractivity contribution in [3.8, 4) is 11.3 Å². The summed E-state index contributed by atoms with van der Waals surface area (Å²) in [6.45, 7) is 2.45. The number of hydrogen-bond acceptors (Lipinski definition) is 5. The van der Waals surface area contributed by atoms with E-state index in [9.17, 15) is 14.4 Å². The molecule has 3 aromatic rings. The topological polar surface area (TPSA) is 129 Å². The standard InChI is InChI=1S/C19H18N6O4.C3H6/c1-11(26)20-14-9-24(10-14)17(27)13-7-5-12(6-8-13)15-3-2-4-16-21-18(22-19(28)29)23-25(15)16;1-2-3-1/h2-8,14H,9-10H2,1H3,(H,20,26)(H,22,23)(H,28,29);1-3H2. The molecule has 5 rings (SSSR count). The molecule has 2 aliphatic rings. The molecule has 1 saturated heterocycles. The van der Waals surface area contributed by atoms with Crippen molar-refractivity contribution in [3.05, 3.63) is 48.0 Å². The first-order valence-electron chi connectivity index (χ1n) is 10.4. The predicted molar refractivity (Wildman–Crippen MR) is 117 cm³/mol. The SMILES string of the molecule is C1CC1.CC(=O)NC1CN(C(=O)c2ccc(-c3cccc4nc(NC(=O)O)nn34)cc2)C1. The number of pyridine rings is 1. The molecular formula is C22H24N6O4. The highest BCUT2D eigenvalue weighted by molar-refractivity contribution is 5.95. The van der Waals surface area contributed by atoms with Gasteiger partial charge in [-0.3, -0.25) is 14.9 Å². The number of fused-ring (bicyclic) bond motifs is 1. The third-order valence-electron chi connectivity index (χ3n) is 4.94. The maximum atomic E-state index is 12.5. The number of benzene rings is 1. The molecule has 0 atom stereocenters. The summed E-state index contributed by atoms with van der Waals surface area (Å²) < 4.78 is 1.54. The molecule has 1 aliphatic carbocycles. The van der Waals surface area contributed by atoms with Gasteiger partial charge in [0.25, 0.3) is 11.9 Å². The molecule has 166 valence electrons. The largest absolute Gasteiger partial charge is 0.465 e. The molecule has 1 aliphatic heterocycles. The van der Waals surface area contributed by atoms with E-state index < -0.39 is 6.09 Å². The zero-order valence-electron chi connectivity index (χ0n) is 17.6. The van der Waals surface area contributed by atoms with Crippen LogP contribution in [-0.4, -0.2) is 61.6 Å². The molecular weight excluding hydrogens is 412 g/mol. The first-order valence-corrected chi connectivity index (χ1v) is 10.4. The predicted octanol–water partition coefficient (Wildman–Crippen LogP) is 2.62. The van der Waals surface area contributed by atoms with Gasteiger partial charge in [-0.25, -0.2) is 9.31 Å². The third-order valence-corrected chi connectivity index (χ3v) is 4.94. The lowest BCUT2D eigenvalue weighted by molar-refractivity contribution is -0.120. The molecule has 1 saturated carbocycles. The number of carboxylic acid groups (broad SMARTS) is 1. The van der Waals surface area contributed by atoms with Crippen molar-refractivity contribution < 1.29 is 19.5 Å². The first-order chi connectivity index (χ1) is 15.4. The Morgan fingerprint density at radius 1 is 1.03 bits per heavy atom. The minimum Gasteiger partial charge on any atom is -0.465 e. The van der Waals surface area contributed by atoms with Crippen molar-refractivity contribution in [1.82, 2.24) is 24.8 Å². The zero-order valence-corrected chi connectivity index (χ0v) is 17.6. The maximum Gasteiger partial charge on any atom is 0.411 e. The summed E-state index contributed by atoms with van der Waals surface area (Å²) in [4.78, 5) is 40.2. The minimum atomic E-state index is -1.24. The molecule has 0 bridgehead atoms. The van der Waals surface area contributed by atoms with Gasteiger partial charge < -0.3 is 15.3 Å². The highest BCUT2D eigenvalue weighted by Crippen LogP contribution is 2.23. The van der Waals surface area contributed by atoms with E-state index in [1.165, 1.54) is 30.7 Å². The van der Waals surface area contributed by atoms with Gasteiger partial charge in [-0.05, 0) is 24.3 Å². The average Bonchev–Trinajstić information content (AvgIpc) is 3.55. The lowest BCUT2D eigenvalue weighted by atomic mass is 10.0. The van der Waals surface area contributed by atoms with Crippen LogP contribution in [0.15, 0.2) is 42.5 Å². The Hall–Kier alpha value is -3.95. The fourth-order valence-electron chi connectivity index (χ4n) is 3.26. The number of anilines is 1. The summed E-state index contributed by atoms with van der Waals surface area (Å²) in [5.74, 6) is -0.205. The van der Waals surface area contributed by atoms with Crippen molar-refractivity contribution >= 4 is 29.5 Å². The molecule has 3 N–H and O–H groups in total. The number of carbonyl (C=O) groups excluding carboxylic acids is 2. The van der Waals surface area contributed by atoms with Gasteiger partial charge in [0.15, 0.2) is 5.65 Å². The van der Waals surface area contributed by atoms with Crippen molar-refractivity contribution in [1.29, 1.82) is 0 Å². The first kappa shape index (κ1) is 21.3. The molecule has 2 fully saturated rings. The Kier molecular flexibility index (Phi) is 6.02. The number of carbonyl (C=O) groups is 3. The monoisotopic (exact) mass is 436 g/mol. The average molecular weight is 436 g/mol. The highest BCUT2D eigenvalue weighted by Gasteiger charge is 2.31. The van der Waals surface area contributed by atoms with E-state index in [1.54, 1.807) is 41.3 Å². The van der Waals surface area contributed by atoms with E-state index in [0.717, 1.165) is 5.56 Å². The van der Waals surface area contributed by atoms with Crippen molar-refractivity contribution in [3.63, 3.8) is 0 Å². The smallest absolute Gasteiger partial charge is 0.411 e. The zero-order chi connectivity index (χ0) is 22.7. The van der Waals surface area contributed by atoms with Crippen LogP contribution in [0.2, 0.25) is 0 Å². The molecule has 10 heteroatoms. The van der Waals surface area contributed by atoms with Gasteiger partial charge in [0, 0.05) is 31.1 Å². The summed E-state index contributed by atoms with van der Waals surface area (Å²) in [6, 6.07) is 12.4. The summed E-state index contributed by atoms with van der Waals surface area (Å²) in [7, 11) is 0. The van der Waals surface area contributed by atoms with Gasteiger partial charge >= 0.3 is 6.09 Å². The summed E-state index contributed by atoms with van der Waals surface area (Å²) in [6.07, 6.45) is 3.26.